The lowest BCUT2D eigenvalue weighted by Crippen LogP contribution is -2.40. The Kier molecular flexibility index (Phi) is 7.33. The van der Waals surface area contributed by atoms with Gasteiger partial charge in [0.1, 0.15) is 0 Å². The third kappa shape index (κ3) is 6.24. The largest absolute Gasteiger partial charge is 0.382 e. The zero-order valence-corrected chi connectivity index (χ0v) is 13.7. The number of ether oxygens (including phenoxy) is 1. The summed E-state index contributed by atoms with van der Waals surface area (Å²) in [6, 6.07) is 0.652. The minimum absolute atomic E-state index is 0.458. The molecule has 0 radical (unpaired) electrons. The average Bonchev–Trinajstić information content (AvgIpc) is 2.82. The van der Waals surface area contributed by atoms with E-state index in [1.54, 1.807) is 0 Å². The summed E-state index contributed by atoms with van der Waals surface area (Å²) in [5.74, 6) is 0.855. The molecule has 2 unspecified atom stereocenters. The summed E-state index contributed by atoms with van der Waals surface area (Å²) in [7, 11) is 0. The van der Waals surface area contributed by atoms with Crippen LogP contribution in [0.25, 0.3) is 0 Å². The summed E-state index contributed by atoms with van der Waals surface area (Å²) in [6.45, 7) is 17.9. The molecule has 1 aliphatic rings. The number of nitrogens with one attached hydrogen (secondary N) is 1. The molecule has 1 heterocycles. The highest BCUT2D eigenvalue weighted by Crippen LogP contribution is 2.34. The van der Waals surface area contributed by atoms with Gasteiger partial charge in [-0.2, -0.15) is 0 Å². The number of likely N-dealkylation sites (tertiary alicyclic amines) is 1. The minimum Gasteiger partial charge on any atom is -0.382 e. The van der Waals surface area contributed by atoms with E-state index >= 15 is 0 Å². The Morgan fingerprint density at radius 2 is 2.11 bits per heavy atom. The van der Waals surface area contributed by atoms with E-state index in [9.17, 15) is 0 Å². The van der Waals surface area contributed by atoms with E-state index in [-0.39, 0.29) is 0 Å². The summed E-state index contributed by atoms with van der Waals surface area (Å²) in [5.41, 5.74) is 0.458. The van der Waals surface area contributed by atoms with Crippen molar-refractivity contribution >= 4 is 0 Å². The van der Waals surface area contributed by atoms with Crippen molar-refractivity contribution in [3.63, 3.8) is 0 Å². The highest BCUT2D eigenvalue weighted by Gasteiger charge is 2.33. The maximum atomic E-state index is 5.34. The van der Waals surface area contributed by atoms with Crippen LogP contribution in [0.3, 0.4) is 0 Å². The topological polar surface area (TPSA) is 24.5 Å². The monoisotopic (exact) mass is 270 g/mol. The maximum absolute atomic E-state index is 5.34. The fourth-order valence-corrected chi connectivity index (χ4v) is 2.78. The molecule has 0 aromatic rings. The standard InChI is InChI=1S/C16H34N2O/c1-6-19-11-7-9-17-12-14(2)18-10-8-15(13-18)16(3,4)5/h14-15,17H,6-13H2,1-5H3. The van der Waals surface area contributed by atoms with Crippen molar-refractivity contribution in [3.05, 3.63) is 0 Å². The van der Waals surface area contributed by atoms with Gasteiger partial charge in [-0.3, -0.25) is 4.90 Å². The molecule has 1 saturated heterocycles. The fourth-order valence-electron chi connectivity index (χ4n) is 2.78. The molecule has 1 N–H and O–H groups in total. The molecule has 0 saturated carbocycles. The lowest BCUT2D eigenvalue weighted by Gasteiger charge is -2.29. The van der Waals surface area contributed by atoms with Crippen LogP contribution in [0.1, 0.15) is 47.5 Å². The second kappa shape index (κ2) is 8.23. The van der Waals surface area contributed by atoms with Crippen molar-refractivity contribution in [2.45, 2.75) is 53.5 Å². The van der Waals surface area contributed by atoms with Crippen molar-refractivity contribution in [1.29, 1.82) is 0 Å². The van der Waals surface area contributed by atoms with E-state index < -0.39 is 0 Å². The zero-order valence-electron chi connectivity index (χ0n) is 13.7. The summed E-state index contributed by atoms with van der Waals surface area (Å²) >= 11 is 0. The molecule has 0 aromatic heterocycles. The van der Waals surface area contributed by atoms with Crippen LogP contribution in [-0.4, -0.2) is 50.3 Å². The van der Waals surface area contributed by atoms with Gasteiger partial charge in [-0.25, -0.2) is 0 Å². The van der Waals surface area contributed by atoms with Crippen LogP contribution < -0.4 is 5.32 Å². The van der Waals surface area contributed by atoms with Gasteiger partial charge < -0.3 is 10.1 Å². The Labute approximate surface area is 120 Å². The SMILES string of the molecule is CCOCCCNCC(C)N1CCC(C(C)(C)C)C1. The molecule has 1 aliphatic heterocycles. The molecular weight excluding hydrogens is 236 g/mol. The van der Waals surface area contributed by atoms with Crippen molar-refractivity contribution in [1.82, 2.24) is 10.2 Å². The third-order valence-electron chi connectivity index (χ3n) is 4.35. The molecule has 0 bridgehead atoms. The van der Waals surface area contributed by atoms with E-state index in [0.717, 1.165) is 38.6 Å². The molecule has 19 heavy (non-hydrogen) atoms. The first kappa shape index (κ1) is 16.9. The van der Waals surface area contributed by atoms with Gasteiger partial charge in [0, 0.05) is 32.3 Å². The van der Waals surface area contributed by atoms with Crippen molar-refractivity contribution in [2.24, 2.45) is 11.3 Å². The Morgan fingerprint density at radius 3 is 2.68 bits per heavy atom. The Bertz CT molecular complexity index is 237. The normalized spacial score (nSPS) is 22.9. The van der Waals surface area contributed by atoms with Gasteiger partial charge in [0.05, 0.1) is 0 Å². The molecule has 0 aliphatic carbocycles. The van der Waals surface area contributed by atoms with Crippen LogP contribution in [0.5, 0.6) is 0 Å². The lowest BCUT2D eigenvalue weighted by atomic mass is 9.80. The van der Waals surface area contributed by atoms with Crippen molar-refractivity contribution in [2.75, 3.05) is 39.4 Å². The predicted octanol–water partition coefficient (Wildman–Crippen LogP) is 2.76. The molecule has 1 fully saturated rings. The highest BCUT2D eigenvalue weighted by molar-refractivity contribution is 4.86. The summed E-state index contributed by atoms with van der Waals surface area (Å²) in [5, 5.41) is 3.55. The second-order valence-electron chi connectivity index (χ2n) is 6.95. The van der Waals surface area contributed by atoms with Crippen LogP contribution in [0.15, 0.2) is 0 Å². The number of rotatable bonds is 8. The van der Waals surface area contributed by atoms with E-state index in [2.05, 4.69) is 44.8 Å². The first-order chi connectivity index (χ1) is 8.95. The summed E-state index contributed by atoms with van der Waals surface area (Å²) in [4.78, 5) is 2.64. The van der Waals surface area contributed by atoms with E-state index in [4.69, 9.17) is 4.74 Å². The molecule has 0 amide bonds. The van der Waals surface area contributed by atoms with E-state index in [1.165, 1.54) is 19.5 Å². The Morgan fingerprint density at radius 1 is 1.37 bits per heavy atom. The smallest absolute Gasteiger partial charge is 0.0477 e. The van der Waals surface area contributed by atoms with Crippen LogP contribution in [0, 0.1) is 11.3 Å². The van der Waals surface area contributed by atoms with Gasteiger partial charge in [0.25, 0.3) is 0 Å². The van der Waals surface area contributed by atoms with Crippen LogP contribution in [0.4, 0.5) is 0 Å². The average molecular weight is 270 g/mol. The first-order valence-electron chi connectivity index (χ1n) is 7.97. The van der Waals surface area contributed by atoms with E-state index in [0.29, 0.717) is 11.5 Å². The van der Waals surface area contributed by atoms with Gasteiger partial charge in [-0.15, -0.1) is 0 Å². The molecule has 0 spiro atoms. The van der Waals surface area contributed by atoms with Crippen molar-refractivity contribution in [3.8, 4) is 0 Å². The molecule has 3 nitrogen and oxygen atoms in total. The number of nitrogens with zero attached hydrogens (tertiary/aromatic N) is 1. The first-order valence-corrected chi connectivity index (χ1v) is 7.97. The van der Waals surface area contributed by atoms with Crippen molar-refractivity contribution < 1.29 is 4.74 Å². The second-order valence-corrected chi connectivity index (χ2v) is 6.95. The maximum Gasteiger partial charge on any atom is 0.0477 e. The molecule has 2 atom stereocenters. The predicted molar refractivity (Wildman–Crippen MR) is 82.6 cm³/mol. The molecule has 3 heteroatoms. The van der Waals surface area contributed by atoms with Gasteiger partial charge >= 0.3 is 0 Å². The third-order valence-corrected chi connectivity index (χ3v) is 4.35. The molecule has 114 valence electrons. The Balaban J connectivity index is 2.12. The summed E-state index contributed by atoms with van der Waals surface area (Å²) < 4.78 is 5.34. The highest BCUT2D eigenvalue weighted by atomic mass is 16.5. The zero-order chi connectivity index (χ0) is 14.3. The molecular formula is C16H34N2O. The number of hydrogen-bond donors (Lipinski definition) is 1. The Hall–Kier alpha value is -0.120. The number of hydrogen-bond acceptors (Lipinski definition) is 3. The lowest BCUT2D eigenvalue weighted by molar-refractivity contribution is 0.143. The van der Waals surface area contributed by atoms with Crippen LogP contribution in [-0.2, 0) is 4.74 Å². The van der Waals surface area contributed by atoms with Crippen LogP contribution >= 0.6 is 0 Å². The van der Waals surface area contributed by atoms with Gasteiger partial charge in [-0.1, -0.05) is 20.8 Å². The minimum atomic E-state index is 0.458. The van der Waals surface area contributed by atoms with Gasteiger partial charge in [0.15, 0.2) is 0 Å². The fraction of sp³-hybridized carbons (Fsp3) is 1.00. The molecule has 0 aromatic carbocycles. The summed E-state index contributed by atoms with van der Waals surface area (Å²) in [6.07, 6.45) is 2.48. The van der Waals surface area contributed by atoms with Crippen LogP contribution in [0.2, 0.25) is 0 Å². The van der Waals surface area contributed by atoms with Gasteiger partial charge in [0.2, 0.25) is 0 Å². The quantitative estimate of drug-likeness (QED) is 0.686. The van der Waals surface area contributed by atoms with Gasteiger partial charge in [-0.05, 0) is 51.1 Å². The van der Waals surface area contributed by atoms with E-state index in [1.807, 2.05) is 0 Å². The molecule has 1 rings (SSSR count).